The fourth-order valence-electron chi connectivity index (χ4n) is 1.62. The first-order chi connectivity index (χ1) is 8.10. The Kier molecular flexibility index (Phi) is 6.17. The maximum absolute atomic E-state index is 12.0. The third-order valence-electron chi connectivity index (χ3n) is 2.36. The van der Waals surface area contributed by atoms with Crippen LogP contribution in [-0.2, 0) is 9.53 Å². The number of hydrogen-bond donors (Lipinski definition) is 0. The molecule has 0 bridgehead atoms. The molecule has 1 aromatic carbocycles. The van der Waals surface area contributed by atoms with Crippen LogP contribution in [0.5, 0.6) is 0 Å². The highest BCUT2D eigenvalue weighted by Gasteiger charge is 2.22. The standard InChI is InChI=1S/C13H16BrClO2/c1-3-5-12(16)13(17-4-2)10-8-9(15)6-7-11(10)14/h6-8,13H,3-5H2,1-2H3. The second kappa shape index (κ2) is 7.14. The molecular weight excluding hydrogens is 303 g/mol. The van der Waals surface area contributed by atoms with E-state index >= 15 is 0 Å². The van der Waals surface area contributed by atoms with Gasteiger partial charge in [-0.15, -0.1) is 0 Å². The van der Waals surface area contributed by atoms with E-state index in [0.29, 0.717) is 18.1 Å². The van der Waals surface area contributed by atoms with Crippen molar-refractivity contribution in [1.29, 1.82) is 0 Å². The van der Waals surface area contributed by atoms with Gasteiger partial charge in [0.25, 0.3) is 0 Å². The molecule has 0 fully saturated rings. The SMILES string of the molecule is CCCC(=O)C(OCC)c1cc(Cl)ccc1Br. The number of benzene rings is 1. The lowest BCUT2D eigenvalue weighted by atomic mass is 10.0. The van der Waals surface area contributed by atoms with Gasteiger partial charge < -0.3 is 4.74 Å². The smallest absolute Gasteiger partial charge is 0.166 e. The molecule has 0 N–H and O–H groups in total. The summed E-state index contributed by atoms with van der Waals surface area (Å²) in [7, 11) is 0. The summed E-state index contributed by atoms with van der Waals surface area (Å²) in [6, 6.07) is 5.39. The molecule has 1 unspecified atom stereocenters. The molecule has 0 saturated heterocycles. The maximum atomic E-state index is 12.0. The van der Waals surface area contributed by atoms with Gasteiger partial charge in [-0.05, 0) is 31.5 Å². The molecule has 0 amide bonds. The molecule has 0 aliphatic rings. The minimum Gasteiger partial charge on any atom is -0.366 e. The summed E-state index contributed by atoms with van der Waals surface area (Å²) < 4.78 is 6.39. The van der Waals surface area contributed by atoms with Crippen LogP contribution in [0, 0.1) is 0 Å². The molecule has 1 rings (SSSR count). The lowest BCUT2D eigenvalue weighted by molar-refractivity contribution is -0.130. The number of halogens is 2. The van der Waals surface area contributed by atoms with Crippen LogP contribution < -0.4 is 0 Å². The Labute approximate surface area is 115 Å². The zero-order valence-corrected chi connectivity index (χ0v) is 12.3. The van der Waals surface area contributed by atoms with Gasteiger partial charge in [0, 0.05) is 28.1 Å². The fraction of sp³-hybridized carbons (Fsp3) is 0.462. The van der Waals surface area contributed by atoms with Gasteiger partial charge in [0.1, 0.15) is 6.10 Å². The van der Waals surface area contributed by atoms with Crippen LogP contribution in [0.3, 0.4) is 0 Å². The van der Waals surface area contributed by atoms with E-state index < -0.39 is 6.10 Å². The van der Waals surface area contributed by atoms with Crippen molar-refractivity contribution in [3.8, 4) is 0 Å². The van der Waals surface area contributed by atoms with Gasteiger partial charge >= 0.3 is 0 Å². The summed E-state index contributed by atoms with van der Waals surface area (Å²) in [6.45, 7) is 4.36. The number of ketones is 1. The van der Waals surface area contributed by atoms with Gasteiger partial charge in [-0.1, -0.05) is 34.5 Å². The molecule has 0 saturated carbocycles. The average molecular weight is 320 g/mol. The Hall–Kier alpha value is -0.380. The maximum Gasteiger partial charge on any atom is 0.166 e. The highest BCUT2D eigenvalue weighted by molar-refractivity contribution is 9.10. The third kappa shape index (κ3) is 4.09. The van der Waals surface area contributed by atoms with E-state index in [-0.39, 0.29) is 5.78 Å². The number of hydrogen-bond acceptors (Lipinski definition) is 2. The Morgan fingerprint density at radius 3 is 2.76 bits per heavy atom. The van der Waals surface area contributed by atoms with Crippen LogP contribution in [0.1, 0.15) is 38.4 Å². The molecule has 0 aromatic heterocycles. The Morgan fingerprint density at radius 2 is 2.18 bits per heavy atom. The number of rotatable bonds is 6. The predicted molar refractivity (Wildman–Crippen MR) is 73.4 cm³/mol. The van der Waals surface area contributed by atoms with Crippen molar-refractivity contribution in [3.63, 3.8) is 0 Å². The summed E-state index contributed by atoms with van der Waals surface area (Å²) in [5.41, 5.74) is 0.804. The molecule has 4 heteroatoms. The van der Waals surface area contributed by atoms with Crippen molar-refractivity contribution in [3.05, 3.63) is 33.3 Å². The van der Waals surface area contributed by atoms with Gasteiger partial charge in [-0.25, -0.2) is 0 Å². The summed E-state index contributed by atoms with van der Waals surface area (Å²) >= 11 is 9.38. The summed E-state index contributed by atoms with van der Waals surface area (Å²) in [5, 5.41) is 0.609. The highest BCUT2D eigenvalue weighted by Crippen LogP contribution is 2.30. The van der Waals surface area contributed by atoms with E-state index in [1.807, 2.05) is 19.9 Å². The molecule has 2 nitrogen and oxygen atoms in total. The zero-order valence-electron chi connectivity index (χ0n) is 10.0. The molecule has 1 atom stereocenters. The van der Waals surface area contributed by atoms with Crippen LogP contribution in [0.25, 0.3) is 0 Å². The van der Waals surface area contributed by atoms with E-state index in [4.69, 9.17) is 16.3 Å². The van der Waals surface area contributed by atoms with Crippen molar-refractivity contribution < 1.29 is 9.53 Å². The normalized spacial score (nSPS) is 12.5. The van der Waals surface area contributed by atoms with E-state index in [1.165, 1.54) is 0 Å². The first-order valence-corrected chi connectivity index (χ1v) is 6.86. The highest BCUT2D eigenvalue weighted by atomic mass is 79.9. The molecular formula is C13H16BrClO2. The van der Waals surface area contributed by atoms with Crippen LogP contribution in [0.15, 0.2) is 22.7 Å². The Bertz CT molecular complexity index is 393. The van der Waals surface area contributed by atoms with Gasteiger partial charge in [-0.2, -0.15) is 0 Å². The van der Waals surface area contributed by atoms with Crippen LogP contribution in [0.2, 0.25) is 5.02 Å². The van der Waals surface area contributed by atoms with Crippen molar-refractivity contribution >= 4 is 33.3 Å². The van der Waals surface area contributed by atoms with Crippen molar-refractivity contribution in [2.75, 3.05) is 6.61 Å². The van der Waals surface area contributed by atoms with Gasteiger partial charge in [0.05, 0.1) is 0 Å². The minimum absolute atomic E-state index is 0.0947. The Balaban J connectivity index is 3.04. The lowest BCUT2D eigenvalue weighted by Crippen LogP contribution is -2.16. The summed E-state index contributed by atoms with van der Waals surface area (Å²) in [5.74, 6) is 0.0947. The minimum atomic E-state index is -0.520. The first-order valence-electron chi connectivity index (χ1n) is 5.69. The zero-order chi connectivity index (χ0) is 12.8. The topological polar surface area (TPSA) is 26.3 Å². The van der Waals surface area contributed by atoms with Crippen molar-refractivity contribution in [2.24, 2.45) is 0 Å². The monoisotopic (exact) mass is 318 g/mol. The number of carbonyl (C=O) groups excluding carboxylic acids is 1. The van der Waals surface area contributed by atoms with Gasteiger partial charge in [0.15, 0.2) is 5.78 Å². The second-order valence-electron chi connectivity index (χ2n) is 3.72. The first kappa shape index (κ1) is 14.7. The quantitative estimate of drug-likeness (QED) is 0.769. The molecule has 17 heavy (non-hydrogen) atoms. The molecule has 0 heterocycles. The van der Waals surface area contributed by atoms with Gasteiger partial charge in [0.2, 0.25) is 0 Å². The number of ether oxygens (including phenoxy) is 1. The molecule has 0 aliphatic carbocycles. The van der Waals surface area contributed by atoms with Gasteiger partial charge in [-0.3, -0.25) is 4.79 Å². The van der Waals surface area contributed by atoms with Crippen molar-refractivity contribution in [2.45, 2.75) is 32.8 Å². The van der Waals surface area contributed by atoms with Crippen LogP contribution >= 0.6 is 27.5 Å². The van der Waals surface area contributed by atoms with E-state index in [2.05, 4.69) is 15.9 Å². The van der Waals surface area contributed by atoms with Crippen LogP contribution in [0.4, 0.5) is 0 Å². The van der Waals surface area contributed by atoms with E-state index in [0.717, 1.165) is 16.5 Å². The van der Waals surface area contributed by atoms with Crippen LogP contribution in [-0.4, -0.2) is 12.4 Å². The second-order valence-corrected chi connectivity index (χ2v) is 5.01. The molecule has 94 valence electrons. The molecule has 0 aliphatic heterocycles. The number of carbonyl (C=O) groups is 1. The van der Waals surface area contributed by atoms with E-state index in [9.17, 15) is 4.79 Å². The molecule has 0 radical (unpaired) electrons. The third-order valence-corrected chi connectivity index (χ3v) is 3.32. The molecule has 0 spiro atoms. The Morgan fingerprint density at radius 1 is 1.47 bits per heavy atom. The fourth-order valence-corrected chi connectivity index (χ4v) is 2.25. The summed E-state index contributed by atoms with van der Waals surface area (Å²) in [4.78, 5) is 12.0. The lowest BCUT2D eigenvalue weighted by Gasteiger charge is -2.17. The summed E-state index contributed by atoms with van der Waals surface area (Å²) in [6.07, 6.45) is 0.817. The predicted octanol–water partition coefficient (Wildman–Crippen LogP) is 4.55. The molecule has 1 aromatic rings. The number of Topliss-reactive ketones (excluding diaryl/α,β-unsaturated/α-hetero) is 1. The largest absolute Gasteiger partial charge is 0.366 e. The van der Waals surface area contributed by atoms with E-state index in [1.54, 1.807) is 12.1 Å². The van der Waals surface area contributed by atoms with Crippen molar-refractivity contribution in [1.82, 2.24) is 0 Å². The average Bonchev–Trinajstić information content (AvgIpc) is 2.30.